The Kier molecular flexibility index (Phi) is 3.79. The molecule has 2 N–H and O–H groups in total. The summed E-state index contributed by atoms with van der Waals surface area (Å²) >= 11 is 0. The van der Waals surface area contributed by atoms with E-state index < -0.39 is 0 Å². The van der Waals surface area contributed by atoms with Gasteiger partial charge in [0.05, 0.1) is 0 Å². The number of benzene rings is 1. The van der Waals surface area contributed by atoms with E-state index in [-0.39, 0.29) is 0 Å². The standard InChI is InChI=1S/C14H21N/c15-14(11-13-7-4-8-13)10-9-12-5-2-1-3-6-12/h1-3,5-6,13-14H,4,7-11,15H2. The van der Waals surface area contributed by atoms with Crippen molar-refractivity contribution in [2.45, 2.75) is 44.6 Å². The summed E-state index contributed by atoms with van der Waals surface area (Å²) in [5.41, 5.74) is 7.55. The van der Waals surface area contributed by atoms with Crippen LogP contribution in [0.1, 0.15) is 37.7 Å². The van der Waals surface area contributed by atoms with E-state index in [0.717, 1.165) is 18.8 Å². The van der Waals surface area contributed by atoms with E-state index >= 15 is 0 Å². The quantitative estimate of drug-likeness (QED) is 0.781. The van der Waals surface area contributed by atoms with Gasteiger partial charge in [0, 0.05) is 6.04 Å². The van der Waals surface area contributed by atoms with Crippen LogP contribution in [0.2, 0.25) is 0 Å². The molecule has 82 valence electrons. The number of rotatable bonds is 5. The molecular weight excluding hydrogens is 182 g/mol. The van der Waals surface area contributed by atoms with Crippen LogP contribution in [0.15, 0.2) is 30.3 Å². The molecule has 0 heterocycles. The number of hydrogen-bond acceptors (Lipinski definition) is 1. The third-order valence-corrected chi connectivity index (χ3v) is 3.51. The molecule has 1 unspecified atom stereocenters. The normalized spacial score (nSPS) is 18.5. The summed E-state index contributed by atoms with van der Waals surface area (Å²) in [6.07, 6.45) is 7.77. The van der Waals surface area contributed by atoms with Crippen molar-refractivity contribution in [3.63, 3.8) is 0 Å². The van der Waals surface area contributed by atoms with Gasteiger partial charge in [-0.3, -0.25) is 0 Å². The molecule has 0 spiro atoms. The minimum absolute atomic E-state index is 0.413. The van der Waals surface area contributed by atoms with Gasteiger partial charge in [-0.15, -0.1) is 0 Å². The number of aryl methyl sites for hydroxylation is 1. The highest BCUT2D eigenvalue weighted by molar-refractivity contribution is 5.14. The van der Waals surface area contributed by atoms with Crippen molar-refractivity contribution < 1.29 is 0 Å². The molecule has 1 saturated carbocycles. The lowest BCUT2D eigenvalue weighted by Gasteiger charge is -2.28. The zero-order chi connectivity index (χ0) is 10.5. The van der Waals surface area contributed by atoms with Gasteiger partial charge in [0.1, 0.15) is 0 Å². The molecular formula is C14H21N. The maximum Gasteiger partial charge on any atom is 0.00446 e. The second kappa shape index (κ2) is 5.32. The average molecular weight is 203 g/mol. The van der Waals surface area contributed by atoms with Crippen molar-refractivity contribution in [2.24, 2.45) is 11.7 Å². The van der Waals surface area contributed by atoms with Crippen molar-refractivity contribution in [3.05, 3.63) is 35.9 Å². The van der Waals surface area contributed by atoms with E-state index in [4.69, 9.17) is 5.73 Å². The van der Waals surface area contributed by atoms with Gasteiger partial charge in [-0.1, -0.05) is 49.6 Å². The van der Waals surface area contributed by atoms with Gasteiger partial charge in [-0.05, 0) is 30.7 Å². The van der Waals surface area contributed by atoms with Gasteiger partial charge in [0.25, 0.3) is 0 Å². The van der Waals surface area contributed by atoms with Crippen molar-refractivity contribution in [1.29, 1.82) is 0 Å². The SMILES string of the molecule is NC(CCc1ccccc1)CC1CCC1. The van der Waals surface area contributed by atoms with Crippen LogP contribution in [0.4, 0.5) is 0 Å². The molecule has 1 fully saturated rings. The van der Waals surface area contributed by atoms with E-state index in [0.29, 0.717) is 6.04 Å². The summed E-state index contributed by atoms with van der Waals surface area (Å²) < 4.78 is 0. The Morgan fingerprint density at radius 2 is 1.93 bits per heavy atom. The summed E-state index contributed by atoms with van der Waals surface area (Å²) in [6.45, 7) is 0. The van der Waals surface area contributed by atoms with Crippen LogP contribution < -0.4 is 5.73 Å². The molecule has 1 aliphatic carbocycles. The molecule has 15 heavy (non-hydrogen) atoms. The molecule has 0 saturated heterocycles. The summed E-state index contributed by atoms with van der Waals surface area (Å²) in [6, 6.07) is 11.1. The highest BCUT2D eigenvalue weighted by Crippen LogP contribution is 2.30. The predicted molar refractivity (Wildman–Crippen MR) is 64.7 cm³/mol. The molecule has 0 aliphatic heterocycles. The molecule has 1 heteroatoms. The van der Waals surface area contributed by atoms with Crippen molar-refractivity contribution in [3.8, 4) is 0 Å². The van der Waals surface area contributed by atoms with Crippen LogP contribution >= 0.6 is 0 Å². The zero-order valence-corrected chi connectivity index (χ0v) is 9.36. The average Bonchev–Trinajstić information content (AvgIpc) is 2.22. The number of hydrogen-bond donors (Lipinski definition) is 1. The van der Waals surface area contributed by atoms with Gasteiger partial charge < -0.3 is 5.73 Å². The van der Waals surface area contributed by atoms with Gasteiger partial charge >= 0.3 is 0 Å². The largest absolute Gasteiger partial charge is 0.328 e. The van der Waals surface area contributed by atoms with Crippen LogP contribution in [0.3, 0.4) is 0 Å². The third kappa shape index (κ3) is 3.35. The van der Waals surface area contributed by atoms with Gasteiger partial charge in [0.15, 0.2) is 0 Å². The fourth-order valence-electron chi connectivity index (χ4n) is 2.27. The molecule has 1 nitrogen and oxygen atoms in total. The molecule has 0 aromatic heterocycles. The first-order valence-corrected chi connectivity index (χ1v) is 6.14. The first kappa shape index (κ1) is 10.7. The lowest BCUT2D eigenvalue weighted by molar-refractivity contribution is 0.272. The van der Waals surface area contributed by atoms with E-state index in [1.807, 2.05) is 0 Å². The summed E-state index contributed by atoms with van der Waals surface area (Å²) in [4.78, 5) is 0. The first-order valence-electron chi connectivity index (χ1n) is 6.14. The van der Waals surface area contributed by atoms with Crippen molar-refractivity contribution in [2.75, 3.05) is 0 Å². The molecule has 0 radical (unpaired) electrons. The van der Waals surface area contributed by atoms with Crippen molar-refractivity contribution in [1.82, 2.24) is 0 Å². The predicted octanol–water partition coefficient (Wildman–Crippen LogP) is 3.14. The Hall–Kier alpha value is -0.820. The van der Waals surface area contributed by atoms with Gasteiger partial charge in [0.2, 0.25) is 0 Å². The Balaban J connectivity index is 1.68. The topological polar surface area (TPSA) is 26.0 Å². The van der Waals surface area contributed by atoms with Crippen LogP contribution in [-0.2, 0) is 6.42 Å². The van der Waals surface area contributed by atoms with E-state index in [2.05, 4.69) is 30.3 Å². The lowest BCUT2D eigenvalue weighted by atomic mass is 9.80. The van der Waals surface area contributed by atoms with Gasteiger partial charge in [-0.25, -0.2) is 0 Å². The Morgan fingerprint density at radius 3 is 2.53 bits per heavy atom. The third-order valence-electron chi connectivity index (χ3n) is 3.51. The fraction of sp³-hybridized carbons (Fsp3) is 0.571. The summed E-state index contributed by atoms with van der Waals surface area (Å²) in [5, 5.41) is 0. The molecule has 1 aromatic carbocycles. The second-order valence-corrected chi connectivity index (χ2v) is 4.82. The Labute approximate surface area is 92.7 Å². The molecule has 0 amide bonds. The fourth-order valence-corrected chi connectivity index (χ4v) is 2.27. The van der Waals surface area contributed by atoms with Crippen LogP contribution in [0.25, 0.3) is 0 Å². The minimum atomic E-state index is 0.413. The molecule has 1 aliphatic rings. The lowest BCUT2D eigenvalue weighted by Crippen LogP contribution is -2.27. The molecule has 1 atom stereocenters. The van der Waals surface area contributed by atoms with E-state index in [1.165, 1.54) is 31.2 Å². The van der Waals surface area contributed by atoms with Crippen LogP contribution in [-0.4, -0.2) is 6.04 Å². The van der Waals surface area contributed by atoms with Gasteiger partial charge in [-0.2, -0.15) is 0 Å². The first-order chi connectivity index (χ1) is 7.34. The molecule has 0 bridgehead atoms. The highest BCUT2D eigenvalue weighted by Gasteiger charge is 2.19. The van der Waals surface area contributed by atoms with Crippen LogP contribution in [0.5, 0.6) is 0 Å². The monoisotopic (exact) mass is 203 g/mol. The maximum atomic E-state index is 6.13. The zero-order valence-electron chi connectivity index (χ0n) is 9.36. The smallest absolute Gasteiger partial charge is 0.00446 e. The molecule has 2 rings (SSSR count). The Morgan fingerprint density at radius 1 is 1.20 bits per heavy atom. The maximum absolute atomic E-state index is 6.13. The number of nitrogens with two attached hydrogens (primary N) is 1. The minimum Gasteiger partial charge on any atom is -0.328 e. The second-order valence-electron chi connectivity index (χ2n) is 4.82. The van der Waals surface area contributed by atoms with Crippen molar-refractivity contribution >= 4 is 0 Å². The highest BCUT2D eigenvalue weighted by atomic mass is 14.6. The van der Waals surface area contributed by atoms with E-state index in [9.17, 15) is 0 Å². The summed E-state index contributed by atoms with van der Waals surface area (Å²) in [5.74, 6) is 0.941. The van der Waals surface area contributed by atoms with Crippen LogP contribution in [0, 0.1) is 5.92 Å². The van der Waals surface area contributed by atoms with E-state index in [1.54, 1.807) is 0 Å². The Bertz CT molecular complexity index is 277. The summed E-state index contributed by atoms with van der Waals surface area (Å²) in [7, 11) is 0. The molecule has 1 aromatic rings.